The Labute approximate surface area is 167 Å². The van der Waals surface area contributed by atoms with Crippen molar-refractivity contribution < 1.29 is 17.9 Å². The van der Waals surface area contributed by atoms with Gasteiger partial charge in [0, 0.05) is 16.6 Å². The van der Waals surface area contributed by atoms with E-state index in [1.54, 1.807) is 59.9 Å². The van der Waals surface area contributed by atoms with E-state index in [4.69, 9.17) is 9.88 Å². The van der Waals surface area contributed by atoms with Crippen molar-refractivity contribution in [1.29, 1.82) is 0 Å². The normalized spacial score (nSPS) is 11.2. The summed E-state index contributed by atoms with van der Waals surface area (Å²) in [6, 6.07) is 13.3. The molecular weight excluding hydrogens is 398 g/mol. The van der Waals surface area contributed by atoms with Crippen LogP contribution in [0.15, 0.2) is 53.9 Å². The lowest BCUT2D eigenvalue weighted by molar-refractivity contribution is 0.102. The molecule has 0 saturated heterocycles. The number of amides is 1. The Morgan fingerprint density at radius 1 is 1.14 bits per heavy atom. The first-order valence-corrected chi connectivity index (χ1v) is 10.9. The zero-order valence-electron chi connectivity index (χ0n) is 15.1. The van der Waals surface area contributed by atoms with Crippen molar-refractivity contribution in [2.24, 2.45) is 5.14 Å². The van der Waals surface area contributed by atoms with Crippen LogP contribution in [0.3, 0.4) is 0 Å². The van der Waals surface area contributed by atoms with Gasteiger partial charge in [0.1, 0.15) is 12.4 Å². The van der Waals surface area contributed by atoms with Crippen LogP contribution >= 0.6 is 11.3 Å². The summed E-state index contributed by atoms with van der Waals surface area (Å²) in [5.41, 5.74) is 2.46. The number of aryl methyl sites for hydroxylation is 1. The number of hydrogen-bond donors (Lipinski definition) is 2. The summed E-state index contributed by atoms with van der Waals surface area (Å²) >= 11 is 1.57. The van der Waals surface area contributed by atoms with Crippen LogP contribution in [0, 0.1) is 6.92 Å². The fourth-order valence-electron chi connectivity index (χ4n) is 2.45. The number of nitrogens with two attached hydrogens (primary N) is 1. The number of carbonyl (C=O) groups excluding carboxylic acids is 1. The Morgan fingerprint density at radius 2 is 1.82 bits per heavy atom. The van der Waals surface area contributed by atoms with Gasteiger partial charge in [-0.2, -0.15) is 0 Å². The SMILES string of the molecule is Cc1nc(COc2ccc(C(=O)Nc3ccc(CS(N)(=O)=O)cc3)cc2)cs1. The second-order valence-electron chi connectivity index (χ2n) is 6.13. The summed E-state index contributed by atoms with van der Waals surface area (Å²) in [7, 11) is -3.58. The molecule has 2 aromatic carbocycles. The zero-order valence-corrected chi connectivity index (χ0v) is 16.7. The van der Waals surface area contributed by atoms with Crippen LogP contribution in [0.5, 0.6) is 5.75 Å². The Balaban J connectivity index is 1.56. The maximum atomic E-state index is 12.3. The molecule has 0 aliphatic heterocycles. The summed E-state index contributed by atoms with van der Waals surface area (Å²) in [6.45, 7) is 2.32. The van der Waals surface area contributed by atoms with E-state index < -0.39 is 10.0 Å². The lowest BCUT2D eigenvalue weighted by Crippen LogP contribution is -2.15. The van der Waals surface area contributed by atoms with Gasteiger partial charge in [0.05, 0.1) is 16.5 Å². The predicted molar refractivity (Wildman–Crippen MR) is 109 cm³/mol. The van der Waals surface area contributed by atoms with Gasteiger partial charge in [-0.25, -0.2) is 18.5 Å². The Hall–Kier alpha value is -2.75. The predicted octanol–water partition coefficient (Wildman–Crippen LogP) is 3.07. The fraction of sp³-hybridized carbons (Fsp3) is 0.158. The number of hydrogen-bond acceptors (Lipinski definition) is 6. The van der Waals surface area contributed by atoms with Crippen molar-refractivity contribution in [3.8, 4) is 5.75 Å². The molecule has 3 aromatic rings. The van der Waals surface area contributed by atoms with Gasteiger partial charge in [0.2, 0.25) is 10.0 Å². The monoisotopic (exact) mass is 417 g/mol. The molecule has 0 radical (unpaired) electrons. The topological polar surface area (TPSA) is 111 Å². The number of nitrogens with zero attached hydrogens (tertiary/aromatic N) is 1. The molecule has 0 aliphatic carbocycles. The average Bonchev–Trinajstić information content (AvgIpc) is 3.06. The summed E-state index contributed by atoms with van der Waals surface area (Å²) in [4.78, 5) is 16.7. The number of benzene rings is 2. The van der Waals surface area contributed by atoms with E-state index in [0.717, 1.165) is 10.7 Å². The lowest BCUT2D eigenvalue weighted by atomic mass is 10.2. The first-order chi connectivity index (χ1) is 13.3. The molecule has 9 heteroatoms. The maximum absolute atomic E-state index is 12.3. The molecule has 1 heterocycles. The van der Waals surface area contributed by atoms with Crippen LogP contribution in [-0.4, -0.2) is 19.3 Å². The third kappa shape index (κ3) is 5.88. The van der Waals surface area contributed by atoms with E-state index in [1.807, 2.05) is 12.3 Å². The first-order valence-electron chi connectivity index (χ1n) is 8.33. The van der Waals surface area contributed by atoms with Gasteiger partial charge in [-0.15, -0.1) is 11.3 Å². The number of carbonyl (C=O) groups is 1. The van der Waals surface area contributed by atoms with Crippen molar-refractivity contribution in [3.05, 3.63) is 75.7 Å². The highest BCUT2D eigenvalue weighted by Gasteiger charge is 2.08. The molecule has 0 atom stereocenters. The van der Waals surface area contributed by atoms with Crippen molar-refractivity contribution in [3.63, 3.8) is 0 Å². The van der Waals surface area contributed by atoms with Crippen LogP contribution in [0.4, 0.5) is 5.69 Å². The van der Waals surface area contributed by atoms with Crippen LogP contribution in [-0.2, 0) is 22.4 Å². The Morgan fingerprint density at radius 3 is 2.39 bits per heavy atom. The molecule has 7 nitrogen and oxygen atoms in total. The van der Waals surface area contributed by atoms with Crippen molar-refractivity contribution in [1.82, 2.24) is 4.98 Å². The summed E-state index contributed by atoms with van der Waals surface area (Å²) in [5, 5.41) is 10.7. The van der Waals surface area contributed by atoms with Crippen molar-refractivity contribution >= 4 is 33.0 Å². The molecule has 146 valence electrons. The number of rotatable bonds is 7. The maximum Gasteiger partial charge on any atom is 0.255 e. The van der Waals surface area contributed by atoms with Crippen molar-refractivity contribution in [2.45, 2.75) is 19.3 Å². The van der Waals surface area contributed by atoms with Gasteiger partial charge in [0.25, 0.3) is 5.91 Å². The quantitative estimate of drug-likeness (QED) is 0.614. The minimum absolute atomic E-state index is 0.247. The second-order valence-corrected chi connectivity index (χ2v) is 8.81. The molecule has 0 aliphatic rings. The minimum atomic E-state index is -3.58. The largest absolute Gasteiger partial charge is 0.487 e. The number of ether oxygens (including phenoxy) is 1. The third-order valence-corrected chi connectivity index (χ3v) is 5.31. The standard InChI is InChI=1S/C19H19N3O4S2/c1-13-21-17(11-27-13)10-26-18-8-4-15(5-9-18)19(23)22-16-6-2-14(3-7-16)12-28(20,24)25/h2-9,11H,10,12H2,1H3,(H,22,23)(H2,20,24,25). The molecule has 0 bridgehead atoms. The number of anilines is 1. The number of nitrogens with one attached hydrogen (secondary N) is 1. The van der Waals surface area contributed by atoms with Gasteiger partial charge in [-0.1, -0.05) is 12.1 Å². The van der Waals surface area contributed by atoms with Crippen molar-refractivity contribution in [2.75, 3.05) is 5.32 Å². The molecule has 3 N–H and O–H groups in total. The Bertz CT molecular complexity index is 1060. The highest BCUT2D eigenvalue weighted by atomic mass is 32.2. The van der Waals surface area contributed by atoms with Crippen LogP contribution in [0.2, 0.25) is 0 Å². The third-order valence-electron chi connectivity index (χ3n) is 3.75. The van der Waals surface area contributed by atoms with E-state index in [-0.39, 0.29) is 11.7 Å². The Kier molecular flexibility index (Phi) is 6.08. The van der Waals surface area contributed by atoms with E-state index in [2.05, 4.69) is 10.3 Å². The van der Waals surface area contributed by atoms with E-state index in [1.165, 1.54) is 0 Å². The first kappa shape index (κ1) is 20.0. The van der Waals surface area contributed by atoms with Gasteiger partial charge >= 0.3 is 0 Å². The highest BCUT2D eigenvalue weighted by Crippen LogP contribution is 2.17. The molecule has 0 saturated carbocycles. The minimum Gasteiger partial charge on any atom is -0.487 e. The van der Waals surface area contributed by atoms with Crippen LogP contribution in [0.1, 0.15) is 26.6 Å². The van der Waals surface area contributed by atoms with Gasteiger partial charge in [-0.3, -0.25) is 4.79 Å². The van der Waals surface area contributed by atoms with Crippen LogP contribution < -0.4 is 15.2 Å². The summed E-state index contributed by atoms with van der Waals surface area (Å²) in [6.07, 6.45) is 0. The van der Waals surface area contributed by atoms with Gasteiger partial charge < -0.3 is 10.1 Å². The number of primary sulfonamides is 1. The molecule has 3 rings (SSSR count). The van der Waals surface area contributed by atoms with E-state index in [9.17, 15) is 13.2 Å². The molecule has 1 aromatic heterocycles. The lowest BCUT2D eigenvalue weighted by Gasteiger charge is -2.08. The highest BCUT2D eigenvalue weighted by molar-refractivity contribution is 7.88. The molecular formula is C19H19N3O4S2. The molecule has 1 amide bonds. The average molecular weight is 418 g/mol. The number of aromatic nitrogens is 1. The van der Waals surface area contributed by atoms with E-state index >= 15 is 0 Å². The molecule has 0 spiro atoms. The smallest absolute Gasteiger partial charge is 0.255 e. The molecule has 0 unspecified atom stereocenters. The molecule has 0 fully saturated rings. The zero-order chi connectivity index (χ0) is 20.1. The van der Waals surface area contributed by atoms with Crippen LogP contribution in [0.25, 0.3) is 0 Å². The fourth-order valence-corrected chi connectivity index (χ4v) is 3.71. The van der Waals surface area contributed by atoms with Gasteiger partial charge in [-0.05, 0) is 48.9 Å². The van der Waals surface area contributed by atoms with Gasteiger partial charge in [0.15, 0.2) is 0 Å². The van der Waals surface area contributed by atoms with E-state index in [0.29, 0.717) is 29.2 Å². The summed E-state index contributed by atoms with van der Waals surface area (Å²) < 4.78 is 27.9. The number of thiazole rings is 1. The summed E-state index contributed by atoms with van der Waals surface area (Å²) in [5.74, 6) is 0.124. The second kappa shape index (κ2) is 8.51. The number of sulfonamides is 1. The molecule has 28 heavy (non-hydrogen) atoms.